The van der Waals surface area contributed by atoms with Crippen LogP contribution in [-0.4, -0.2) is 15.3 Å². The van der Waals surface area contributed by atoms with Gasteiger partial charge in [-0.3, -0.25) is 4.79 Å². The normalized spacial score (nSPS) is 11.1. The van der Waals surface area contributed by atoms with Crippen LogP contribution in [0.15, 0.2) is 85.2 Å². The number of carbonyl (C=O) groups excluding carboxylic acids is 1. The highest BCUT2D eigenvalue weighted by Crippen LogP contribution is 2.18. The van der Waals surface area contributed by atoms with Gasteiger partial charge >= 0.3 is 0 Å². The van der Waals surface area contributed by atoms with Crippen LogP contribution in [0.4, 0.5) is 5.69 Å². The van der Waals surface area contributed by atoms with Gasteiger partial charge in [-0.15, -0.1) is 0 Å². The molecule has 144 valence electrons. The van der Waals surface area contributed by atoms with E-state index < -0.39 is 0 Å². The molecule has 0 bridgehead atoms. The molecular formula is C24H21N3O2. The third-order valence-corrected chi connectivity index (χ3v) is 4.61. The summed E-state index contributed by atoms with van der Waals surface area (Å²) in [6.07, 6.45) is 6.90. The monoisotopic (exact) mass is 383 g/mol. The number of pyridine rings is 1. The van der Waals surface area contributed by atoms with Crippen molar-refractivity contribution in [1.82, 2.24) is 9.38 Å². The summed E-state index contributed by atoms with van der Waals surface area (Å²) >= 11 is 0. The van der Waals surface area contributed by atoms with Crippen LogP contribution < -0.4 is 10.1 Å². The quantitative estimate of drug-likeness (QED) is 0.483. The van der Waals surface area contributed by atoms with Crippen LogP contribution in [0.5, 0.6) is 5.75 Å². The number of aromatic nitrogens is 2. The first-order valence-electron chi connectivity index (χ1n) is 9.37. The van der Waals surface area contributed by atoms with Gasteiger partial charge in [0.2, 0.25) is 5.91 Å². The fourth-order valence-electron chi connectivity index (χ4n) is 3.06. The molecule has 5 heteroatoms. The molecule has 0 aliphatic rings. The van der Waals surface area contributed by atoms with Gasteiger partial charge in [0.15, 0.2) is 0 Å². The first kappa shape index (κ1) is 18.5. The second-order valence-electron chi connectivity index (χ2n) is 6.66. The Hall–Kier alpha value is -3.86. The van der Waals surface area contributed by atoms with E-state index in [1.165, 1.54) is 6.08 Å². The van der Waals surface area contributed by atoms with Gasteiger partial charge in [0, 0.05) is 24.2 Å². The Morgan fingerprint density at radius 3 is 2.83 bits per heavy atom. The molecule has 2 aromatic heterocycles. The lowest BCUT2D eigenvalue weighted by Gasteiger charge is -2.09. The maximum atomic E-state index is 12.4. The number of anilines is 1. The Bertz CT molecular complexity index is 1160. The van der Waals surface area contributed by atoms with Crippen molar-refractivity contribution in [2.45, 2.75) is 13.5 Å². The molecule has 0 fully saturated rings. The molecule has 2 heterocycles. The smallest absolute Gasteiger partial charge is 0.248 e. The molecule has 0 aliphatic carbocycles. The van der Waals surface area contributed by atoms with Gasteiger partial charge in [-0.05, 0) is 48.4 Å². The molecule has 4 rings (SSSR count). The van der Waals surface area contributed by atoms with Gasteiger partial charge in [0.25, 0.3) is 0 Å². The van der Waals surface area contributed by atoms with E-state index in [0.29, 0.717) is 6.61 Å². The van der Waals surface area contributed by atoms with Gasteiger partial charge in [-0.2, -0.15) is 0 Å². The van der Waals surface area contributed by atoms with E-state index in [2.05, 4.69) is 10.3 Å². The predicted octanol–water partition coefficient (Wildman–Crippen LogP) is 4.87. The number of ether oxygens (including phenoxy) is 1. The number of amides is 1. The maximum absolute atomic E-state index is 12.4. The Morgan fingerprint density at radius 2 is 1.97 bits per heavy atom. The number of benzene rings is 2. The molecule has 0 unspecified atom stereocenters. The maximum Gasteiger partial charge on any atom is 0.248 e. The summed E-state index contributed by atoms with van der Waals surface area (Å²) < 4.78 is 7.78. The summed E-state index contributed by atoms with van der Waals surface area (Å²) in [7, 11) is 0. The van der Waals surface area contributed by atoms with Gasteiger partial charge in [0.05, 0.1) is 5.69 Å². The number of fused-ring (bicyclic) bond motifs is 1. The molecule has 0 saturated heterocycles. The van der Waals surface area contributed by atoms with Crippen LogP contribution in [-0.2, 0) is 11.4 Å². The molecule has 29 heavy (non-hydrogen) atoms. The Labute approximate surface area is 169 Å². The summed E-state index contributed by atoms with van der Waals surface area (Å²) in [6, 6.07) is 21.4. The molecule has 1 amide bonds. The lowest BCUT2D eigenvalue weighted by molar-refractivity contribution is -0.111. The molecule has 4 aromatic rings. The van der Waals surface area contributed by atoms with Crippen LogP contribution >= 0.6 is 0 Å². The second-order valence-corrected chi connectivity index (χ2v) is 6.66. The number of aryl methyl sites for hydroxylation is 1. The number of rotatable bonds is 6. The number of hydrogen-bond donors (Lipinski definition) is 1. The standard InChI is InChI=1S/C24H21N3O2/c1-18-22(11-12-23-25-14-15-27(18)23)26-24(28)13-10-19-8-5-9-21(16-19)29-17-20-6-3-2-4-7-20/h2-16H,17H2,1H3,(H,26,28)/b13-10+. The van der Waals surface area contributed by atoms with Gasteiger partial charge in [-0.1, -0.05) is 42.5 Å². The first-order valence-corrected chi connectivity index (χ1v) is 9.37. The summed E-state index contributed by atoms with van der Waals surface area (Å²) in [6.45, 7) is 2.45. The third-order valence-electron chi connectivity index (χ3n) is 4.61. The fraction of sp³-hybridized carbons (Fsp3) is 0.0833. The second kappa shape index (κ2) is 8.44. The van der Waals surface area contributed by atoms with E-state index in [4.69, 9.17) is 4.74 Å². The van der Waals surface area contributed by atoms with Crippen molar-refractivity contribution < 1.29 is 9.53 Å². The van der Waals surface area contributed by atoms with E-state index >= 15 is 0 Å². The van der Waals surface area contributed by atoms with E-state index in [1.54, 1.807) is 12.3 Å². The van der Waals surface area contributed by atoms with Crippen molar-refractivity contribution in [3.63, 3.8) is 0 Å². The number of carbonyl (C=O) groups is 1. The molecular weight excluding hydrogens is 362 g/mol. The van der Waals surface area contributed by atoms with Crippen molar-refractivity contribution in [2.24, 2.45) is 0 Å². The number of nitrogens with one attached hydrogen (secondary N) is 1. The van der Waals surface area contributed by atoms with Crippen LogP contribution in [0, 0.1) is 6.92 Å². The zero-order valence-electron chi connectivity index (χ0n) is 16.1. The molecule has 0 saturated carbocycles. The van der Waals surface area contributed by atoms with E-state index in [-0.39, 0.29) is 5.91 Å². The van der Waals surface area contributed by atoms with Gasteiger partial charge in [0.1, 0.15) is 18.0 Å². The average molecular weight is 383 g/mol. The van der Waals surface area contributed by atoms with E-state index in [1.807, 2.05) is 84.3 Å². The minimum absolute atomic E-state index is 0.192. The molecule has 0 spiro atoms. The summed E-state index contributed by atoms with van der Waals surface area (Å²) in [5.74, 6) is 0.570. The van der Waals surface area contributed by atoms with Crippen molar-refractivity contribution in [3.05, 3.63) is 102 Å². The SMILES string of the molecule is Cc1c(NC(=O)/C=C/c2cccc(OCc3ccccc3)c2)ccc2nccn12. The zero-order valence-corrected chi connectivity index (χ0v) is 16.1. The first-order chi connectivity index (χ1) is 14.2. The molecule has 0 radical (unpaired) electrons. The third kappa shape index (κ3) is 4.52. The highest BCUT2D eigenvalue weighted by atomic mass is 16.5. The number of imidazole rings is 1. The Balaban J connectivity index is 1.40. The fourth-order valence-corrected chi connectivity index (χ4v) is 3.06. The minimum atomic E-state index is -0.192. The molecule has 0 atom stereocenters. The summed E-state index contributed by atoms with van der Waals surface area (Å²) in [5, 5.41) is 2.92. The number of nitrogens with zero attached hydrogens (tertiary/aromatic N) is 2. The molecule has 0 aliphatic heterocycles. The van der Waals surface area contributed by atoms with Crippen molar-refractivity contribution >= 4 is 23.3 Å². The van der Waals surface area contributed by atoms with E-state index in [9.17, 15) is 4.79 Å². The highest BCUT2D eigenvalue weighted by molar-refractivity contribution is 6.02. The zero-order chi connectivity index (χ0) is 20.1. The Morgan fingerprint density at radius 1 is 1.10 bits per heavy atom. The van der Waals surface area contributed by atoms with Crippen molar-refractivity contribution in [2.75, 3.05) is 5.32 Å². The predicted molar refractivity (Wildman–Crippen MR) is 115 cm³/mol. The molecule has 2 aromatic carbocycles. The lowest BCUT2D eigenvalue weighted by Crippen LogP contribution is -2.10. The van der Waals surface area contributed by atoms with Crippen molar-refractivity contribution in [1.29, 1.82) is 0 Å². The topological polar surface area (TPSA) is 55.6 Å². The molecule has 1 N–H and O–H groups in total. The Kier molecular flexibility index (Phi) is 5.38. The number of hydrogen-bond acceptors (Lipinski definition) is 3. The lowest BCUT2D eigenvalue weighted by atomic mass is 10.2. The van der Waals surface area contributed by atoms with Crippen LogP contribution in [0.2, 0.25) is 0 Å². The van der Waals surface area contributed by atoms with Crippen molar-refractivity contribution in [3.8, 4) is 5.75 Å². The minimum Gasteiger partial charge on any atom is -0.489 e. The summed E-state index contributed by atoms with van der Waals surface area (Å²) in [4.78, 5) is 16.6. The van der Waals surface area contributed by atoms with E-state index in [0.717, 1.165) is 33.9 Å². The van der Waals surface area contributed by atoms with Crippen LogP contribution in [0.3, 0.4) is 0 Å². The van der Waals surface area contributed by atoms with Gasteiger partial charge in [-0.25, -0.2) is 4.98 Å². The van der Waals surface area contributed by atoms with Crippen LogP contribution in [0.25, 0.3) is 11.7 Å². The largest absolute Gasteiger partial charge is 0.489 e. The van der Waals surface area contributed by atoms with Gasteiger partial charge < -0.3 is 14.5 Å². The van der Waals surface area contributed by atoms with Crippen LogP contribution in [0.1, 0.15) is 16.8 Å². The summed E-state index contributed by atoms with van der Waals surface area (Å²) in [5.41, 5.74) is 4.54. The molecule has 5 nitrogen and oxygen atoms in total. The average Bonchev–Trinajstić information content (AvgIpc) is 3.24. The highest BCUT2D eigenvalue weighted by Gasteiger charge is 2.06.